The van der Waals surface area contributed by atoms with Crippen LogP contribution in [-0.4, -0.2) is 33.4 Å². The zero-order valence-corrected chi connectivity index (χ0v) is 12.6. The molecule has 0 bridgehead atoms. The van der Waals surface area contributed by atoms with Gasteiger partial charge >= 0.3 is 5.97 Å². The van der Waals surface area contributed by atoms with E-state index in [0.717, 1.165) is 17.3 Å². The quantitative estimate of drug-likeness (QED) is 0.720. The molecule has 2 N–H and O–H groups in total. The molecule has 102 valence electrons. The molecule has 0 aliphatic rings. The van der Waals surface area contributed by atoms with E-state index in [1.165, 1.54) is 0 Å². The van der Waals surface area contributed by atoms with Crippen LogP contribution in [0.4, 0.5) is 0 Å². The van der Waals surface area contributed by atoms with Crippen molar-refractivity contribution < 1.29 is 9.90 Å². The number of carboxylic acids is 1. The number of thiazole rings is 1. The van der Waals surface area contributed by atoms with E-state index in [4.69, 9.17) is 0 Å². The smallest absolute Gasteiger partial charge is 0.323 e. The molecule has 2 atom stereocenters. The molecule has 0 saturated heterocycles. The number of carboxylic acid groups (broad SMARTS) is 1. The number of hydrogen-bond donors (Lipinski definition) is 2. The Bertz CT molecular complexity index is 370. The Balaban J connectivity index is 2.57. The first-order chi connectivity index (χ1) is 8.48. The molecule has 1 heterocycles. The van der Waals surface area contributed by atoms with Gasteiger partial charge in [0.1, 0.15) is 9.88 Å². The van der Waals surface area contributed by atoms with Gasteiger partial charge in [-0.2, -0.15) is 0 Å². The predicted molar refractivity (Wildman–Crippen MR) is 76.4 cm³/mol. The molecule has 0 fully saturated rings. The Morgan fingerprint density at radius 2 is 2.44 bits per heavy atom. The summed E-state index contributed by atoms with van der Waals surface area (Å²) in [7, 11) is 0. The Labute approximate surface area is 116 Å². The van der Waals surface area contributed by atoms with E-state index in [1.807, 2.05) is 19.2 Å². The van der Waals surface area contributed by atoms with E-state index in [9.17, 15) is 9.90 Å². The molecule has 18 heavy (non-hydrogen) atoms. The number of aromatic nitrogens is 1. The Kier molecular flexibility index (Phi) is 6.11. The Morgan fingerprint density at radius 3 is 2.94 bits per heavy atom. The molecule has 0 saturated carbocycles. The van der Waals surface area contributed by atoms with Gasteiger partial charge in [0, 0.05) is 16.8 Å². The highest BCUT2D eigenvalue weighted by molar-refractivity contribution is 8.01. The van der Waals surface area contributed by atoms with Gasteiger partial charge in [-0.05, 0) is 26.3 Å². The molecular weight excluding hydrogens is 268 g/mol. The fraction of sp³-hybridized carbons (Fsp3) is 0.667. The fourth-order valence-corrected chi connectivity index (χ4v) is 3.82. The summed E-state index contributed by atoms with van der Waals surface area (Å²) in [4.78, 5) is 15.6. The minimum Gasteiger partial charge on any atom is -0.480 e. The molecule has 4 nitrogen and oxygen atoms in total. The van der Waals surface area contributed by atoms with Crippen molar-refractivity contribution in [1.82, 2.24) is 10.3 Å². The summed E-state index contributed by atoms with van der Waals surface area (Å²) >= 11 is 3.22. The average Bonchev–Trinajstić information content (AvgIpc) is 2.78. The average molecular weight is 288 g/mol. The van der Waals surface area contributed by atoms with E-state index >= 15 is 0 Å². The predicted octanol–water partition coefficient (Wildman–Crippen LogP) is 2.86. The maximum absolute atomic E-state index is 11.4. The Hall–Kier alpha value is -0.590. The number of thioether (sulfide) groups is 1. The van der Waals surface area contributed by atoms with Gasteiger partial charge in [-0.25, -0.2) is 4.98 Å². The molecule has 0 amide bonds. The summed E-state index contributed by atoms with van der Waals surface area (Å²) in [5.41, 5.74) is -0.861. The second-order valence-corrected chi connectivity index (χ2v) is 7.07. The lowest BCUT2D eigenvalue weighted by Crippen LogP contribution is -2.51. The molecule has 0 radical (unpaired) electrons. The number of rotatable bonds is 8. The van der Waals surface area contributed by atoms with Crippen LogP contribution in [-0.2, 0) is 4.79 Å². The molecule has 1 aromatic heterocycles. The summed E-state index contributed by atoms with van der Waals surface area (Å²) in [6.45, 7) is 6.55. The first-order valence-corrected chi connectivity index (χ1v) is 7.78. The molecule has 6 heteroatoms. The van der Waals surface area contributed by atoms with Crippen LogP contribution < -0.4 is 5.32 Å². The molecule has 1 aromatic rings. The van der Waals surface area contributed by atoms with Gasteiger partial charge in [-0.1, -0.05) is 25.6 Å². The zero-order chi connectivity index (χ0) is 13.6. The summed E-state index contributed by atoms with van der Waals surface area (Å²) in [6.07, 6.45) is 3.27. The highest BCUT2D eigenvalue weighted by Gasteiger charge is 2.34. The van der Waals surface area contributed by atoms with E-state index in [-0.39, 0.29) is 5.25 Å². The second kappa shape index (κ2) is 7.11. The van der Waals surface area contributed by atoms with Gasteiger partial charge < -0.3 is 10.4 Å². The van der Waals surface area contributed by atoms with Gasteiger partial charge in [-0.3, -0.25) is 4.79 Å². The van der Waals surface area contributed by atoms with Gasteiger partial charge in [0.05, 0.1) is 0 Å². The van der Waals surface area contributed by atoms with Crippen molar-refractivity contribution >= 4 is 29.1 Å². The SMILES string of the molecule is CCCNC(C)(CC(C)Sc1nccs1)C(=O)O. The summed E-state index contributed by atoms with van der Waals surface area (Å²) in [5.74, 6) is -0.789. The van der Waals surface area contributed by atoms with Crippen LogP contribution in [0.1, 0.15) is 33.6 Å². The van der Waals surface area contributed by atoms with Crippen molar-refractivity contribution in [2.75, 3.05) is 6.54 Å². The van der Waals surface area contributed by atoms with Crippen molar-refractivity contribution in [3.05, 3.63) is 11.6 Å². The highest BCUT2D eigenvalue weighted by atomic mass is 32.2. The standard InChI is InChI=1S/C12H20N2O2S2/c1-4-5-14-12(3,10(15)16)8-9(2)18-11-13-6-7-17-11/h6-7,9,14H,4-5,8H2,1-3H3,(H,15,16). The first-order valence-electron chi connectivity index (χ1n) is 6.02. The molecule has 1 rings (SSSR count). The molecule has 0 aliphatic heterocycles. The van der Waals surface area contributed by atoms with E-state index in [2.05, 4.69) is 10.3 Å². The fourth-order valence-electron chi connectivity index (χ4n) is 1.69. The molecule has 0 spiro atoms. The van der Waals surface area contributed by atoms with Gasteiger partial charge in [0.15, 0.2) is 0 Å². The number of aliphatic carboxylic acids is 1. The maximum Gasteiger partial charge on any atom is 0.323 e. The summed E-state index contributed by atoms with van der Waals surface area (Å²) < 4.78 is 0.991. The lowest BCUT2D eigenvalue weighted by molar-refractivity contribution is -0.144. The third kappa shape index (κ3) is 4.59. The number of nitrogens with zero attached hydrogens (tertiary/aromatic N) is 1. The van der Waals surface area contributed by atoms with Crippen molar-refractivity contribution in [3.8, 4) is 0 Å². The van der Waals surface area contributed by atoms with Crippen molar-refractivity contribution in [1.29, 1.82) is 0 Å². The van der Waals surface area contributed by atoms with Gasteiger partial charge in [-0.15, -0.1) is 11.3 Å². The summed E-state index contributed by atoms with van der Waals surface area (Å²) in [6, 6.07) is 0. The van der Waals surface area contributed by atoms with Crippen molar-refractivity contribution in [3.63, 3.8) is 0 Å². The third-order valence-electron chi connectivity index (χ3n) is 2.64. The van der Waals surface area contributed by atoms with Crippen LogP contribution in [0.25, 0.3) is 0 Å². The second-order valence-electron chi connectivity index (χ2n) is 4.49. The highest BCUT2D eigenvalue weighted by Crippen LogP contribution is 2.30. The van der Waals surface area contributed by atoms with Gasteiger partial charge in [0.2, 0.25) is 0 Å². The molecule has 0 aliphatic carbocycles. The number of carbonyl (C=O) groups is 1. The van der Waals surface area contributed by atoms with Crippen LogP contribution in [0.15, 0.2) is 15.9 Å². The lowest BCUT2D eigenvalue weighted by atomic mass is 9.96. The van der Waals surface area contributed by atoms with E-state index in [0.29, 0.717) is 6.42 Å². The first kappa shape index (κ1) is 15.5. The van der Waals surface area contributed by atoms with Crippen molar-refractivity contribution in [2.24, 2.45) is 0 Å². The molecule has 2 unspecified atom stereocenters. The van der Waals surface area contributed by atoms with Crippen LogP contribution >= 0.6 is 23.1 Å². The largest absolute Gasteiger partial charge is 0.480 e. The number of nitrogens with one attached hydrogen (secondary N) is 1. The minimum absolute atomic E-state index is 0.210. The third-order valence-corrected chi connectivity index (χ3v) is 4.66. The zero-order valence-electron chi connectivity index (χ0n) is 11.0. The summed E-state index contributed by atoms with van der Waals surface area (Å²) in [5, 5.41) is 14.6. The van der Waals surface area contributed by atoms with Crippen LogP contribution in [0, 0.1) is 0 Å². The number of hydrogen-bond acceptors (Lipinski definition) is 5. The lowest BCUT2D eigenvalue weighted by Gasteiger charge is -2.28. The minimum atomic E-state index is -0.861. The van der Waals surface area contributed by atoms with E-state index < -0.39 is 11.5 Å². The topological polar surface area (TPSA) is 62.2 Å². The van der Waals surface area contributed by atoms with Crippen LogP contribution in [0.3, 0.4) is 0 Å². The van der Waals surface area contributed by atoms with Crippen LogP contribution in [0.5, 0.6) is 0 Å². The molecular formula is C12H20N2O2S2. The van der Waals surface area contributed by atoms with Gasteiger partial charge in [0.25, 0.3) is 0 Å². The monoisotopic (exact) mass is 288 g/mol. The Morgan fingerprint density at radius 1 is 1.72 bits per heavy atom. The molecule has 0 aromatic carbocycles. The van der Waals surface area contributed by atoms with Crippen molar-refractivity contribution in [2.45, 2.75) is 48.7 Å². The van der Waals surface area contributed by atoms with Crippen LogP contribution in [0.2, 0.25) is 0 Å². The maximum atomic E-state index is 11.4. The normalized spacial score (nSPS) is 16.2. The van der Waals surface area contributed by atoms with E-state index in [1.54, 1.807) is 36.2 Å².